The number of aryl methyl sites for hydroxylation is 1. The molecule has 0 aliphatic carbocycles. The van der Waals surface area contributed by atoms with E-state index in [0.29, 0.717) is 16.0 Å². The predicted octanol–water partition coefficient (Wildman–Crippen LogP) is 3.66. The highest BCUT2D eigenvalue weighted by atomic mass is 79.9. The maximum Gasteiger partial charge on any atom is 0.248 e. The lowest BCUT2D eigenvalue weighted by Crippen LogP contribution is -2.10. The van der Waals surface area contributed by atoms with Gasteiger partial charge in [-0.2, -0.15) is 4.68 Å². The molecule has 3 rings (SSSR count). The number of anilines is 1. The van der Waals surface area contributed by atoms with Crippen molar-refractivity contribution >= 4 is 33.6 Å². The quantitative estimate of drug-likeness (QED) is 0.654. The average Bonchev–Trinajstić information content (AvgIpc) is 3.04. The van der Waals surface area contributed by atoms with Crippen molar-refractivity contribution in [2.75, 3.05) is 5.32 Å². The molecule has 0 saturated heterocycles. The van der Waals surface area contributed by atoms with Crippen LogP contribution in [0.5, 0.6) is 0 Å². The molecule has 0 bridgehead atoms. The Labute approximate surface area is 155 Å². The van der Waals surface area contributed by atoms with E-state index < -0.39 is 17.5 Å². The number of benzene rings is 2. The molecule has 3 aromatic rings. The molecular weight excluding hydrogens is 408 g/mol. The zero-order valence-corrected chi connectivity index (χ0v) is 15.0. The second kappa shape index (κ2) is 7.52. The molecule has 9 heteroatoms. The number of nitrogens with zero attached hydrogens (tertiary/aromatic N) is 4. The van der Waals surface area contributed by atoms with Crippen molar-refractivity contribution in [1.82, 2.24) is 20.2 Å². The molecule has 1 aromatic heterocycles. The number of hydrogen-bond acceptors (Lipinski definition) is 4. The first-order valence-corrected chi connectivity index (χ1v) is 8.22. The summed E-state index contributed by atoms with van der Waals surface area (Å²) in [5.74, 6) is -1.18. The van der Waals surface area contributed by atoms with Crippen molar-refractivity contribution in [3.8, 4) is 5.69 Å². The van der Waals surface area contributed by atoms with Crippen LogP contribution in [0.25, 0.3) is 11.8 Å². The number of aromatic nitrogens is 4. The van der Waals surface area contributed by atoms with E-state index in [0.717, 1.165) is 6.08 Å². The summed E-state index contributed by atoms with van der Waals surface area (Å²) >= 11 is 3.23. The molecule has 0 radical (unpaired) electrons. The van der Waals surface area contributed by atoms with Gasteiger partial charge in [-0.25, -0.2) is 8.78 Å². The van der Waals surface area contributed by atoms with E-state index in [-0.39, 0.29) is 11.3 Å². The van der Waals surface area contributed by atoms with Crippen molar-refractivity contribution in [3.63, 3.8) is 0 Å². The normalized spacial score (nSPS) is 11.1. The number of tetrazole rings is 1. The summed E-state index contributed by atoms with van der Waals surface area (Å²) in [5.41, 5.74) is 0.682. The molecule has 1 amide bonds. The van der Waals surface area contributed by atoms with Gasteiger partial charge in [0.05, 0.1) is 11.4 Å². The van der Waals surface area contributed by atoms with Crippen molar-refractivity contribution in [2.45, 2.75) is 6.92 Å². The summed E-state index contributed by atoms with van der Waals surface area (Å²) in [6, 6.07) is 8.45. The Kier molecular flexibility index (Phi) is 5.17. The molecule has 132 valence electrons. The van der Waals surface area contributed by atoms with Crippen molar-refractivity contribution in [1.29, 1.82) is 0 Å². The second-order valence-electron chi connectivity index (χ2n) is 5.29. The van der Waals surface area contributed by atoms with Gasteiger partial charge in [-0.1, -0.05) is 15.9 Å². The Balaban J connectivity index is 1.80. The Morgan fingerprint density at radius 2 is 1.96 bits per heavy atom. The van der Waals surface area contributed by atoms with Gasteiger partial charge in [0.1, 0.15) is 11.6 Å². The fourth-order valence-corrected chi connectivity index (χ4v) is 2.57. The van der Waals surface area contributed by atoms with E-state index in [4.69, 9.17) is 0 Å². The molecule has 26 heavy (non-hydrogen) atoms. The lowest BCUT2D eigenvalue weighted by molar-refractivity contribution is -0.111. The van der Waals surface area contributed by atoms with Gasteiger partial charge < -0.3 is 5.32 Å². The van der Waals surface area contributed by atoms with Crippen LogP contribution in [0.1, 0.15) is 11.4 Å². The summed E-state index contributed by atoms with van der Waals surface area (Å²) in [6.07, 6.45) is 2.43. The van der Waals surface area contributed by atoms with E-state index in [1.165, 1.54) is 41.1 Å². The maximum atomic E-state index is 14.0. The van der Waals surface area contributed by atoms with Crippen molar-refractivity contribution in [2.24, 2.45) is 0 Å². The van der Waals surface area contributed by atoms with Crippen LogP contribution in [0.2, 0.25) is 0 Å². The van der Waals surface area contributed by atoms with Gasteiger partial charge in [0, 0.05) is 16.1 Å². The highest BCUT2D eigenvalue weighted by molar-refractivity contribution is 9.10. The van der Waals surface area contributed by atoms with E-state index >= 15 is 0 Å². The van der Waals surface area contributed by atoms with E-state index in [9.17, 15) is 13.6 Å². The first kappa shape index (κ1) is 17.9. The summed E-state index contributed by atoms with van der Waals surface area (Å²) in [5, 5.41) is 13.5. The Morgan fingerprint density at radius 1 is 1.19 bits per heavy atom. The number of carbonyl (C=O) groups is 1. The van der Waals surface area contributed by atoms with Gasteiger partial charge in [-0.3, -0.25) is 4.79 Å². The van der Waals surface area contributed by atoms with Crippen molar-refractivity contribution in [3.05, 3.63) is 70.0 Å². The first-order valence-electron chi connectivity index (χ1n) is 7.43. The van der Waals surface area contributed by atoms with Crippen LogP contribution >= 0.6 is 15.9 Å². The summed E-state index contributed by atoms with van der Waals surface area (Å²) in [7, 11) is 0. The van der Waals surface area contributed by atoms with Crippen LogP contribution in [-0.4, -0.2) is 26.1 Å². The Bertz CT molecular complexity index is 1000. The molecule has 1 heterocycles. The number of halogens is 3. The maximum absolute atomic E-state index is 14.0. The minimum absolute atomic E-state index is 0.0400. The number of amides is 1. The third-order valence-corrected chi connectivity index (χ3v) is 3.94. The molecule has 2 aromatic carbocycles. The molecular formula is C17H12BrF2N5O. The lowest BCUT2D eigenvalue weighted by atomic mass is 10.2. The third-order valence-electron chi connectivity index (χ3n) is 3.45. The monoisotopic (exact) mass is 419 g/mol. The second-order valence-corrected chi connectivity index (χ2v) is 6.21. The molecule has 0 atom stereocenters. The van der Waals surface area contributed by atoms with Crippen LogP contribution in [0.15, 0.2) is 46.9 Å². The van der Waals surface area contributed by atoms with E-state index in [1.54, 1.807) is 13.0 Å². The summed E-state index contributed by atoms with van der Waals surface area (Å²) in [4.78, 5) is 12.1. The lowest BCUT2D eigenvalue weighted by Gasteiger charge is -2.07. The minimum atomic E-state index is -0.616. The molecule has 1 N–H and O–H groups in total. The highest BCUT2D eigenvalue weighted by Crippen LogP contribution is 2.20. The third kappa shape index (κ3) is 3.99. The number of carbonyl (C=O) groups excluding carboxylic acids is 1. The summed E-state index contributed by atoms with van der Waals surface area (Å²) in [6.45, 7) is 1.69. The average molecular weight is 420 g/mol. The van der Waals surface area contributed by atoms with Gasteiger partial charge in [0.15, 0.2) is 5.82 Å². The van der Waals surface area contributed by atoms with Gasteiger partial charge in [-0.05, 0) is 59.8 Å². The molecule has 0 unspecified atom stereocenters. The number of nitrogens with one attached hydrogen (secondary N) is 1. The number of hydrogen-bond donors (Lipinski definition) is 1. The molecule has 0 aliphatic rings. The topological polar surface area (TPSA) is 72.7 Å². The van der Waals surface area contributed by atoms with Crippen LogP contribution in [0, 0.1) is 18.6 Å². The Hall–Kier alpha value is -2.94. The summed E-state index contributed by atoms with van der Waals surface area (Å²) < 4.78 is 29.7. The smallest absolute Gasteiger partial charge is 0.248 e. The van der Waals surface area contributed by atoms with Crippen LogP contribution in [0.3, 0.4) is 0 Å². The molecule has 0 saturated carbocycles. The highest BCUT2D eigenvalue weighted by Gasteiger charge is 2.10. The van der Waals surface area contributed by atoms with Crippen LogP contribution < -0.4 is 5.32 Å². The van der Waals surface area contributed by atoms with Crippen LogP contribution in [0.4, 0.5) is 14.5 Å². The zero-order chi connectivity index (χ0) is 18.7. The van der Waals surface area contributed by atoms with E-state index in [1.807, 2.05) is 0 Å². The first-order chi connectivity index (χ1) is 12.4. The molecule has 0 spiro atoms. The van der Waals surface area contributed by atoms with Gasteiger partial charge >= 0.3 is 0 Å². The fourth-order valence-electron chi connectivity index (χ4n) is 2.19. The minimum Gasteiger partial charge on any atom is -0.320 e. The van der Waals surface area contributed by atoms with E-state index in [2.05, 4.69) is 36.8 Å². The number of rotatable bonds is 4. The van der Waals surface area contributed by atoms with Gasteiger partial charge in [0.25, 0.3) is 0 Å². The largest absolute Gasteiger partial charge is 0.320 e. The molecule has 0 aliphatic heterocycles. The predicted molar refractivity (Wildman–Crippen MR) is 95.6 cm³/mol. The fraction of sp³-hybridized carbons (Fsp3) is 0.0588. The van der Waals surface area contributed by atoms with Gasteiger partial charge in [0.2, 0.25) is 5.91 Å². The van der Waals surface area contributed by atoms with Crippen molar-refractivity contribution < 1.29 is 13.6 Å². The van der Waals surface area contributed by atoms with Crippen LogP contribution in [-0.2, 0) is 4.79 Å². The SMILES string of the molecule is Cc1nnnn1-c1ccc(F)c(NC(=O)/C=C/c2cc(Br)ccc2F)c1. The zero-order valence-electron chi connectivity index (χ0n) is 13.4. The van der Waals surface area contributed by atoms with Gasteiger partial charge in [-0.15, -0.1) is 5.10 Å². The standard InChI is InChI=1S/C17H12BrF2N5O/c1-10-22-23-24-25(10)13-4-6-15(20)16(9-13)21-17(26)7-2-11-8-12(18)3-5-14(11)19/h2-9H,1H3,(H,21,26)/b7-2+. The molecule has 6 nitrogen and oxygen atoms in total. The molecule has 0 fully saturated rings. The Morgan fingerprint density at radius 3 is 2.69 bits per heavy atom.